The lowest BCUT2D eigenvalue weighted by Crippen LogP contribution is -2.08. The molecule has 0 aliphatic rings. The summed E-state index contributed by atoms with van der Waals surface area (Å²) < 4.78 is 26.8. The van der Waals surface area contributed by atoms with Gasteiger partial charge in [0.15, 0.2) is 0 Å². The molecule has 0 amide bonds. The van der Waals surface area contributed by atoms with E-state index in [1.54, 1.807) is 12.1 Å². The Labute approximate surface area is 116 Å². The van der Waals surface area contributed by atoms with Crippen molar-refractivity contribution >= 4 is 11.5 Å². The summed E-state index contributed by atoms with van der Waals surface area (Å²) in [5.41, 5.74) is 7.04. The first-order valence-electron chi connectivity index (χ1n) is 6.35. The molecule has 2 aromatic rings. The van der Waals surface area contributed by atoms with Gasteiger partial charge in [-0.25, -0.2) is 8.78 Å². The smallest absolute Gasteiger partial charge is 0.137 e. The molecule has 2 rings (SSSR count). The van der Waals surface area contributed by atoms with Gasteiger partial charge in [-0.15, -0.1) is 0 Å². The average Bonchev–Trinajstić information content (AvgIpc) is 2.42. The van der Waals surface area contributed by atoms with Gasteiger partial charge in [-0.2, -0.15) is 0 Å². The van der Waals surface area contributed by atoms with Gasteiger partial charge >= 0.3 is 0 Å². The molecule has 0 saturated heterocycles. The third kappa shape index (κ3) is 3.63. The molecule has 0 heterocycles. The van der Waals surface area contributed by atoms with Crippen molar-refractivity contribution in [1.29, 1.82) is 0 Å². The lowest BCUT2D eigenvalue weighted by Gasteiger charge is -2.05. The maximum Gasteiger partial charge on any atom is 0.137 e. The molecular formula is C16H15F2NO. The largest absolute Gasteiger partial charge is 0.399 e. The zero-order valence-corrected chi connectivity index (χ0v) is 10.9. The normalized spacial score (nSPS) is 10.5. The van der Waals surface area contributed by atoms with Crippen molar-refractivity contribution in [1.82, 2.24) is 0 Å². The average molecular weight is 275 g/mol. The fourth-order valence-corrected chi connectivity index (χ4v) is 1.95. The number of anilines is 1. The lowest BCUT2D eigenvalue weighted by atomic mass is 10.0. The summed E-state index contributed by atoms with van der Waals surface area (Å²) in [7, 11) is 0. The van der Waals surface area contributed by atoms with Crippen molar-refractivity contribution in [3.63, 3.8) is 0 Å². The number of rotatable bonds is 5. The Kier molecular flexibility index (Phi) is 4.45. The topological polar surface area (TPSA) is 43.1 Å². The molecule has 0 saturated carbocycles. The molecule has 0 aliphatic heterocycles. The number of carbonyl (C=O) groups is 1. The van der Waals surface area contributed by atoms with Crippen LogP contribution in [0.2, 0.25) is 0 Å². The molecule has 0 spiro atoms. The summed E-state index contributed by atoms with van der Waals surface area (Å²) in [6, 6.07) is 10.8. The maximum atomic E-state index is 13.4. The molecule has 0 atom stereocenters. The van der Waals surface area contributed by atoms with Gasteiger partial charge in [0.25, 0.3) is 0 Å². The fraction of sp³-hybridized carbons (Fsp3) is 0.188. The number of aryl methyl sites for hydroxylation is 1. The minimum Gasteiger partial charge on any atom is -0.399 e. The Morgan fingerprint density at radius 3 is 2.20 bits per heavy atom. The Balaban J connectivity index is 1.94. The Morgan fingerprint density at radius 2 is 1.60 bits per heavy atom. The second-order valence-corrected chi connectivity index (χ2v) is 4.66. The zero-order valence-electron chi connectivity index (χ0n) is 10.9. The van der Waals surface area contributed by atoms with Crippen LogP contribution in [0.25, 0.3) is 0 Å². The SMILES string of the molecule is Nc1ccc(CCC(=O)Cc2c(F)cccc2F)cc1. The van der Waals surface area contributed by atoms with Gasteiger partial charge in [-0.1, -0.05) is 18.2 Å². The summed E-state index contributed by atoms with van der Waals surface area (Å²) in [6.45, 7) is 0. The van der Waals surface area contributed by atoms with Gasteiger partial charge in [0.2, 0.25) is 0 Å². The predicted octanol–water partition coefficient (Wildman–Crippen LogP) is 3.29. The van der Waals surface area contributed by atoms with E-state index in [0.717, 1.165) is 17.7 Å². The van der Waals surface area contributed by atoms with Gasteiger partial charge in [-0.3, -0.25) is 4.79 Å². The van der Waals surface area contributed by atoms with Crippen molar-refractivity contribution in [2.45, 2.75) is 19.3 Å². The van der Waals surface area contributed by atoms with E-state index in [2.05, 4.69) is 0 Å². The van der Waals surface area contributed by atoms with E-state index >= 15 is 0 Å². The van der Waals surface area contributed by atoms with E-state index in [1.165, 1.54) is 6.07 Å². The van der Waals surface area contributed by atoms with Crippen LogP contribution in [0.3, 0.4) is 0 Å². The molecule has 0 unspecified atom stereocenters. The van der Waals surface area contributed by atoms with Crippen LogP contribution in [0.5, 0.6) is 0 Å². The highest BCUT2D eigenvalue weighted by Gasteiger charge is 2.12. The molecule has 2 N–H and O–H groups in total. The summed E-state index contributed by atoms with van der Waals surface area (Å²) in [5, 5.41) is 0. The van der Waals surface area contributed by atoms with Crippen LogP contribution < -0.4 is 5.73 Å². The lowest BCUT2D eigenvalue weighted by molar-refractivity contribution is -0.118. The first-order chi connectivity index (χ1) is 9.56. The van der Waals surface area contributed by atoms with E-state index in [9.17, 15) is 13.6 Å². The van der Waals surface area contributed by atoms with Crippen LogP contribution in [0, 0.1) is 11.6 Å². The highest BCUT2D eigenvalue weighted by molar-refractivity contribution is 5.81. The molecule has 0 aliphatic carbocycles. The summed E-state index contributed by atoms with van der Waals surface area (Å²) >= 11 is 0. The van der Waals surface area contributed by atoms with Crippen LogP contribution >= 0.6 is 0 Å². The van der Waals surface area contributed by atoms with Crippen molar-refractivity contribution in [2.75, 3.05) is 5.73 Å². The molecule has 0 radical (unpaired) electrons. The van der Waals surface area contributed by atoms with Gasteiger partial charge in [0.1, 0.15) is 17.4 Å². The third-order valence-electron chi connectivity index (χ3n) is 3.11. The second-order valence-electron chi connectivity index (χ2n) is 4.66. The fourth-order valence-electron chi connectivity index (χ4n) is 1.95. The standard InChI is InChI=1S/C16H15F2NO/c17-15-2-1-3-16(18)14(15)10-13(20)9-6-11-4-7-12(19)8-5-11/h1-5,7-8H,6,9-10,19H2. The minimum atomic E-state index is -0.675. The number of carbonyl (C=O) groups excluding carboxylic acids is 1. The van der Waals surface area contributed by atoms with Crippen molar-refractivity contribution in [3.8, 4) is 0 Å². The number of benzene rings is 2. The van der Waals surface area contributed by atoms with E-state index in [1.807, 2.05) is 12.1 Å². The molecule has 2 aromatic carbocycles. The number of hydrogen-bond acceptors (Lipinski definition) is 2. The molecule has 20 heavy (non-hydrogen) atoms. The van der Waals surface area contributed by atoms with Crippen LogP contribution in [0.4, 0.5) is 14.5 Å². The molecular weight excluding hydrogens is 260 g/mol. The van der Waals surface area contributed by atoms with E-state index < -0.39 is 11.6 Å². The van der Waals surface area contributed by atoms with Crippen LogP contribution in [-0.2, 0) is 17.6 Å². The predicted molar refractivity (Wildman–Crippen MR) is 74.2 cm³/mol. The van der Waals surface area contributed by atoms with E-state index in [0.29, 0.717) is 12.1 Å². The first-order valence-corrected chi connectivity index (χ1v) is 6.35. The zero-order chi connectivity index (χ0) is 14.5. The van der Waals surface area contributed by atoms with E-state index in [-0.39, 0.29) is 24.2 Å². The molecule has 4 heteroatoms. The van der Waals surface area contributed by atoms with Gasteiger partial charge in [-0.05, 0) is 36.2 Å². The number of ketones is 1. The number of hydrogen-bond donors (Lipinski definition) is 1. The second kappa shape index (κ2) is 6.28. The van der Waals surface area contributed by atoms with Crippen LogP contribution in [-0.4, -0.2) is 5.78 Å². The highest BCUT2D eigenvalue weighted by Crippen LogP contribution is 2.15. The van der Waals surface area contributed by atoms with Crippen LogP contribution in [0.1, 0.15) is 17.5 Å². The van der Waals surface area contributed by atoms with E-state index in [4.69, 9.17) is 5.73 Å². The van der Waals surface area contributed by atoms with Crippen LogP contribution in [0.15, 0.2) is 42.5 Å². The quantitative estimate of drug-likeness (QED) is 0.851. The van der Waals surface area contributed by atoms with Gasteiger partial charge in [0.05, 0.1) is 0 Å². The minimum absolute atomic E-state index is 0.158. The first kappa shape index (κ1) is 14.2. The molecule has 0 bridgehead atoms. The summed E-state index contributed by atoms with van der Waals surface area (Å²) in [6.07, 6.45) is 0.570. The Bertz CT molecular complexity index is 588. The molecule has 2 nitrogen and oxygen atoms in total. The highest BCUT2D eigenvalue weighted by atomic mass is 19.1. The molecule has 104 valence electrons. The van der Waals surface area contributed by atoms with Crippen molar-refractivity contribution < 1.29 is 13.6 Å². The molecule has 0 aromatic heterocycles. The monoisotopic (exact) mass is 275 g/mol. The number of nitrogen functional groups attached to an aromatic ring is 1. The van der Waals surface area contributed by atoms with Gasteiger partial charge < -0.3 is 5.73 Å². The summed E-state index contributed by atoms with van der Waals surface area (Å²) in [4.78, 5) is 11.8. The summed E-state index contributed by atoms with van der Waals surface area (Å²) in [5.74, 6) is -1.54. The Morgan fingerprint density at radius 1 is 1.00 bits per heavy atom. The maximum absolute atomic E-state index is 13.4. The van der Waals surface area contributed by atoms with Gasteiger partial charge in [0, 0.05) is 24.1 Å². The number of nitrogens with two attached hydrogens (primary N) is 1. The third-order valence-corrected chi connectivity index (χ3v) is 3.11. The number of halogens is 2. The van der Waals surface area contributed by atoms with Crippen molar-refractivity contribution in [2.24, 2.45) is 0 Å². The Hall–Kier alpha value is -2.23. The molecule has 0 fully saturated rings. The number of Topliss-reactive ketones (excluding diaryl/α,β-unsaturated/α-hetero) is 1. The van der Waals surface area contributed by atoms with Crippen molar-refractivity contribution in [3.05, 3.63) is 65.2 Å².